The lowest BCUT2D eigenvalue weighted by atomic mass is 9.81. The standard InChI is InChI=1S/C22H32F3N5O2S/c1-14-17(19(14)22(23,24)25)6-4-5-9-29(2)33(31,32)12-15-10-16(11-15)30(3)21-18-7-8-26-20(18)27-13-28-21/h7-8,13-17,19H,4-6,9-12H2,1-3H3,(H,26,27,28)/t14?,15-,16+,17?,19?. The molecule has 3 atom stereocenters. The number of rotatable bonds is 10. The second-order valence-electron chi connectivity index (χ2n) is 9.73. The van der Waals surface area contributed by atoms with Crippen molar-refractivity contribution in [3.8, 4) is 0 Å². The maximum absolute atomic E-state index is 12.8. The van der Waals surface area contributed by atoms with Gasteiger partial charge in [-0.25, -0.2) is 22.7 Å². The van der Waals surface area contributed by atoms with Crippen LogP contribution >= 0.6 is 0 Å². The number of fused-ring (bicyclic) bond motifs is 1. The van der Waals surface area contributed by atoms with Gasteiger partial charge in [0.25, 0.3) is 0 Å². The highest BCUT2D eigenvalue weighted by Crippen LogP contribution is 2.57. The van der Waals surface area contributed by atoms with E-state index in [0.717, 1.165) is 29.7 Å². The molecule has 2 heterocycles. The SMILES string of the molecule is CC1C(CCCCN(C)S(=O)(=O)C[C@H]2C[C@@H](N(C)c3ncnc4[nH]ccc34)C2)C1C(F)(F)F. The summed E-state index contributed by atoms with van der Waals surface area (Å²) in [6, 6.07) is 2.16. The van der Waals surface area contributed by atoms with Gasteiger partial charge in [0.1, 0.15) is 17.8 Å². The maximum atomic E-state index is 12.8. The number of nitrogens with zero attached hydrogens (tertiary/aromatic N) is 4. The quantitative estimate of drug-likeness (QED) is 0.512. The van der Waals surface area contributed by atoms with Crippen LogP contribution in [0.15, 0.2) is 18.6 Å². The number of H-pyrrole nitrogens is 1. The number of nitrogens with one attached hydrogen (secondary N) is 1. The minimum atomic E-state index is -4.11. The monoisotopic (exact) mass is 487 g/mol. The van der Waals surface area contributed by atoms with Crippen LogP contribution in [0.5, 0.6) is 0 Å². The lowest BCUT2D eigenvalue weighted by Crippen LogP contribution is -2.46. The van der Waals surface area contributed by atoms with E-state index in [4.69, 9.17) is 0 Å². The maximum Gasteiger partial charge on any atom is 0.392 e. The van der Waals surface area contributed by atoms with Gasteiger partial charge in [-0.3, -0.25) is 0 Å². The molecular formula is C22H32F3N5O2S. The van der Waals surface area contributed by atoms with Crippen LogP contribution in [0.4, 0.5) is 19.0 Å². The van der Waals surface area contributed by atoms with Crippen molar-refractivity contribution in [1.82, 2.24) is 19.3 Å². The number of halogens is 3. The molecule has 2 aromatic heterocycles. The Kier molecular flexibility index (Phi) is 6.65. The van der Waals surface area contributed by atoms with Crippen molar-refractivity contribution in [2.75, 3.05) is 31.3 Å². The topological polar surface area (TPSA) is 82.2 Å². The molecule has 11 heteroatoms. The zero-order valence-electron chi connectivity index (χ0n) is 19.2. The summed E-state index contributed by atoms with van der Waals surface area (Å²) in [5.41, 5.74) is 0.775. The van der Waals surface area contributed by atoms with Crippen LogP contribution in [0, 0.1) is 23.7 Å². The Hall–Kier alpha value is -1.88. The molecule has 184 valence electrons. The van der Waals surface area contributed by atoms with E-state index in [1.807, 2.05) is 19.3 Å². The van der Waals surface area contributed by atoms with E-state index in [1.54, 1.807) is 14.0 Å². The molecule has 0 radical (unpaired) electrons. The third kappa shape index (κ3) is 5.13. The number of hydrogen-bond donors (Lipinski definition) is 1. The average molecular weight is 488 g/mol. The van der Waals surface area contributed by atoms with E-state index in [1.165, 1.54) is 10.6 Å². The molecule has 0 amide bonds. The number of hydrogen-bond acceptors (Lipinski definition) is 5. The van der Waals surface area contributed by atoms with Crippen LogP contribution in [-0.4, -0.2) is 66.3 Å². The van der Waals surface area contributed by atoms with Crippen LogP contribution < -0.4 is 4.90 Å². The first-order chi connectivity index (χ1) is 15.5. The Morgan fingerprint density at radius 1 is 1.18 bits per heavy atom. The molecule has 0 aliphatic heterocycles. The van der Waals surface area contributed by atoms with Crippen LogP contribution in [0.25, 0.3) is 11.0 Å². The van der Waals surface area contributed by atoms with Gasteiger partial charge in [-0.05, 0) is 49.5 Å². The van der Waals surface area contributed by atoms with Crippen LogP contribution in [0.1, 0.15) is 39.0 Å². The Labute approximate surface area is 192 Å². The molecule has 2 aliphatic carbocycles. The van der Waals surface area contributed by atoms with Crippen molar-refractivity contribution in [3.63, 3.8) is 0 Å². The van der Waals surface area contributed by atoms with E-state index in [2.05, 4.69) is 19.9 Å². The number of sulfonamides is 1. The average Bonchev–Trinajstić information content (AvgIpc) is 3.14. The Morgan fingerprint density at radius 2 is 1.91 bits per heavy atom. The van der Waals surface area contributed by atoms with Gasteiger partial charge >= 0.3 is 6.18 Å². The summed E-state index contributed by atoms with van der Waals surface area (Å²) >= 11 is 0. The summed E-state index contributed by atoms with van der Waals surface area (Å²) in [5, 5.41) is 0.943. The fourth-order valence-corrected chi connectivity index (χ4v) is 6.80. The highest BCUT2D eigenvalue weighted by Gasteiger charge is 2.61. The van der Waals surface area contributed by atoms with Gasteiger partial charge in [0.2, 0.25) is 10.0 Å². The highest BCUT2D eigenvalue weighted by molar-refractivity contribution is 7.89. The molecule has 0 saturated heterocycles. The molecule has 3 unspecified atom stereocenters. The zero-order valence-corrected chi connectivity index (χ0v) is 20.0. The Balaban J connectivity index is 1.19. The second-order valence-corrected chi connectivity index (χ2v) is 11.8. The summed E-state index contributed by atoms with van der Waals surface area (Å²) < 4.78 is 65.3. The van der Waals surface area contributed by atoms with Crippen molar-refractivity contribution in [2.45, 2.75) is 51.2 Å². The van der Waals surface area contributed by atoms with Crippen LogP contribution in [0.2, 0.25) is 0 Å². The molecule has 33 heavy (non-hydrogen) atoms. The molecule has 0 spiro atoms. The largest absolute Gasteiger partial charge is 0.392 e. The van der Waals surface area contributed by atoms with Gasteiger partial charge in [-0.1, -0.05) is 13.3 Å². The van der Waals surface area contributed by atoms with E-state index in [9.17, 15) is 21.6 Å². The normalized spacial score (nSPS) is 27.7. The first-order valence-corrected chi connectivity index (χ1v) is 13.1. The molecule has 2 fully saturated rings. The third-order valence-corrected chi connectivity index (χ3v) is 9.57. The van der Waals surface area contributed by atoms with Gasteiger partial charge < -0.3 is 9.88 Å². The molecule has 2 aliphatic rings. The molecule has 0 bridgehead atoms. The van der Waals surface area contributed by atoms with Crippen molar-refractivity contribution in [2.24, 2.45) is 23.7 Å². The fourth-order valence-electron chi connectivity index (χ4n) is 5.27. The Morgan fingerprint density at radius 3 is 2.58 bits per heavy atom. The summed E-state index contributed by atoms with van der Waals surface area (Å²) in [5.74, 6) is -0.771. The van der Waals surface area contributed by atoms with Crippen LogP contribution in [0.3, 0.4) is 0 Å². The predicted molar refractivity (Wildman–Crippen MR) is 121 cm³/mol. The number of aromatic amines is 1. The highest BCUT2D eigenvalue weighted by atomic mass is 32.2. The van der Waals surface area contributed by atoms with Gasteiger partial charge in [0.15, 0.2) is 0 Å². The molecule has 1 N–H and O–H groups in total. The summed E-state index contributed by atoms with van der Waals surface area (Å²) in [4.78, 5) is 13.8. The minimum Gasteiger partial charge on any atom is -0.356 e. The molecular weight excluding hydrogens is 455 g/mol. The molecule has 2 saturated carbocycles. The van der Waals surface area contributed by atoms with Crippen LogP contribution in [-0.2, 0) is 10.0 Å². The molecule has 7 nitrogen and oxygen atoms in total. The van der Waals surface area contributed by atoms with Gasteiger partial charge in [-0.15, -0.1) is 0 Å². The van der Waals surface area contributed by atoms with E-state index in [0.29, 0.717) is 25.8 Å². The molecule has 4 rings (SSSR count). The summed E-state index contributed by atoms with van der Waals surface area (Å²) in [6.45, 7) is 2.00. The number of unbranched alkanes of at least 4 members (excludes halogenated alkanes) is 1. The summed E-state index contributed by atoms with van der Waals surface area (Å²) in [7, 11) is 0.156. The lowest BCUT2D eigenvalue weighted by Gasteiger charge is -2.42. The first kappa shape index (κ1) is 24.3. The molecule has 2 aromatic rings. The zero-order chi connectivity index (χ0) is 24.0. The third-order valence-electron chi connectivity index (χ3n) is 7.55. The number of aromatic nitrogens is 3. The minimum absolute atomic E-state index is 0.0910. The van der Waals surface area contributed by atoms with Crippen molar-refractivity contribution < 1.29 is 21.6 Å². The van der Waals surface area contributed by atoms with Gasteiger partial charge in [-0.2, -0.15) is 13.2 Å². The molecule has 0 aromatic carbocycles. The van der Waals surface area contributed by atoms with E-state index in [-0.39, 0.29) is 29.5 Å². The predicted octanol–water partition coefficient (Wildman–Crippen LogP) is 4.05. The van der Waals surface area contributed by atoms with E-state index < -0.39 is 22.1 Å². The van der Waals surface area contributed by atoms with Crippen molar-refractivity contribution in [1.29, 1.82) is 0 Å². The Bertz CT molecular complexity index is 1070. The van der Waals surface area contributed by atoms with Gasteiger partial charge in [0.05, 0.1) is 17.1 Å². The first-order valence-electron chi connectivity index (χ1n) is 11.5. The number of alkyl halides is 3. The summed E-state index contributed by atoms with van der Waals surface area (Å²) in [6.07, 6.45) is 2.49. The lowest BCUT2D eigenvalue weighted by molar-refractivity contribution is -0.153. The van der Waals surface area contributed by atoms with Crippen molar-refractivity contribution >= 4 is 26.9 Å². The van der Waals surface area contributed by atoms with Gasteiger partial charge in [0, 0.05) is 32.9 Å². The smallest absolute Gasteiger partial charge is 0.356 e. The second kappa shape index (κ2) is 9.05. The number of anilines is 1. The van der Waals surface area contributed by atoms with Crippen molar-refractivity contribution in [3.05, 3.63) is 18.6 Å². The van der Waals surface area contributed by atoms with E-state index >= 15 is 0 Å². The fraction of sp³-hybridized carbons (Fsp3) is 0.727.